The van der Waals surface area contributed by atoms with Gasteiger partial charge in [0, 0.05) is 11.4 Å². The van der Waals surface area contributed by atoms with Crippen LogP contribution in [0.2, 0.25) is 0 Å². The lowest BCUT2D eigenvalue weighted by Gasteiger charge is -2.23. The zero-order valence-electron chi connectivity index (χ0n) is 14.8. The van der Waals surface area contributed by atoms with Gasteiger partial charge in [-0.3, -0.25) is 0 Å². The summed E-state index contributed by atoms with van der Waals surface area (Å²) in [5.41, 5.74) is 0.169. The lowest BCUT2D eigenvalue weighted by atomic mass is 10.1. The van der Waals surface area contributed by atoms with Gasteiger partial charge in [-0.1, -0.05) is 18.2 Å². The molecule has 0 aliphatic rings. The first kappa shape index (κ1) is 21.7. The summed E-state index contributed by atoms with van der Waals surface area (Å²) in [4.78, 5) is 5.50. The molecule has 2 rings (SSSR count). The number of nitrogens with one attached hydrogen (secondary N) is 2. The van der Waals surface area contributed by atoms with Crippen LogP contribution in [0.25, 0.3) is 0 Å². The highest BCUT2D eigenvalue weighted by molar-refractivity contribution is 14.0. The van der Waals surface area contributed by atoms with Gasteiger partial charge in [0.2, 0.25) is 0 Å². The van der Waals surface area contributed by atoms with E-state index in [2.05, 4.69) is 15.6 Å². The van der Waals surface area contributed by atoms with Crippen LogP contribution in [0.4, 0.5) is 0 Å². The van der Waals surface area contributed by atoms with E-state index in [1.807, 2.05) is 48.7 Å². The van der Waals surface area contributed by atoms with Gasteiger partial charge in [0.1, 0.15) is 11.4 Å². The first-order chi connectivity index (χ1) is 11.5. The lowest BCUT2D eigenvalue weighted by Crippen LogP contribution is -2.44. The Hall–Kier alpha value is -1.32. The van der Waals surface area contributed by atoms with Crippen LogP contribution in [0.15, 0.2) is 46.8 Å². The number of halogens is 1. The van der Waals surface area contributed by atoms with Crippen molar-refractivity contribution in [2.75, 3.05) is 20.2 Å². The van der Waals surface area contributed by atoms with E-state index in [9.17, 15) is 5.11 Å². The third-order valence-electron chi connectivity index (χ3n) is 3.58. The maximum atomic E-state index is 10.6. The monoisotopic (exact) mass is 475 g/mol. The van der Waals surface area contributed by atoms with Gasteiger partial charge in [-0.2, -0.15) is 0 Å². The molecule has 1 aromatic carbocycles. The molecular formula is C18H26IN3O2S. The summed E-state index contributed by atoms with van der Waals surface area (Å²) in [5.74, 6) is 1.52. The number of aliphatic imine (C=N–C) groups is 1. The summed E-state index contributed by atoms with van der Waals surface area (Å²) >= 11 is 1.55. The van der Waals surface area contributed by atoms with E-state index in [0.717, 1.165) is 22.7 Å². The molecule has 0 radical (unpaired) electrons. The Labute approximate surface area is 170 Å². The maximum Gasteiger partial charge on any atom is 0.191 e. The van der Waals surface area contributed by atoms with E-state index in [1.54, 1.807) is 25.4 Å². The molecule has 0 fully saturated rings. The van der Waals surface area contributed by atoms with Crippen molar-refractivity contribution >= 4 is 41.3 Å². The number of guanidine groups is 1. The van der Waals surface area contributed by atoms with Crippen molar-refractivity contribution < 1.29 is 9.84 Å². The second-order valence-corrected chi connectivity index (χ2v) is 6.60. The molecule has 0 amide bonds. The van der Waals surface area contributed by atoms with Gasteiger partial charge in [-0.25, -0.2) is 4.99 Å². The van der Waals surface area contributed by atoms with Gasteiger partial charge < -0.3 is 20.5 Å². The third kappa shape index (κ3) is 6.83. The zero-order valence-corrected chi connectivity index (χ0v) is 17.9. The van der Waals surface area contributed by atoms with E-state index in [-0.39, 0.29) is 24.0 Å². The molecular weight excluding hydrogens is 449 g/mol. The summed E-state index contributed by atoms with van der Waals surface area (Å²) in [6, 6.07) is 11.7. The van der Waals surface area contributed by atoms with Gasteiger partial charge >= 0.3 is 0 Å². The zero-order chi connectivity index (χ0) is 17.4. The molecule has 1 heterocycles. The average molecular weight is 475 g/mol. The van der Waals surface area contributed by atoms with Crippen molar-refractivity contribution in [3.63, 3.8) is 0 Å². The predicted molar refractivity (Wildman–Crippen MR) is 115 cm³/mol. The normalized spacial score (nSPS) is 13.5. The molecule has 0 saturated heterocycles. The second-order valence-electron chi connectivity index (χ2n) is 5.65. The number of hydrogen-bond donors (Lipinski definition) is 3. The summed E-state index contributed by atoms with van der Waals surface area (Å²) in [6.07, 6.45) is 0. The number of methoxy groups -OCH3 is 1. The first-order valence-electron chi connectivity index (χ1n) is 7.96. The molecule has 7 heteroatoms. The van der Waals surface area contributed by atoms with E-state index < -0.39 is 5.60 Å². The highest BCUT2D eigenvalue weighted by Crippen LogP contribution is 2.24. The maximum absolute atomic E-state index is 10.6. The van der Waals surface area contributed by atoms with Gasteiger partial charge in [-0.05, 0) is 43.0 Å². The average Bonchev–Trinajstić information content (AvgIpc) is 3.13. The van der Waals surface area contributed by atoms with Crippen molar-refractivity contribution in [3.8, 4) is 5.75 Å². The lowest BCUT2D eigenvalue weighted by molar-refractivity contribution is 0.0655. The molecule has 25 heavy (non-hydrogen) atoms. The molecule has 0 saturated carbocycles. The fraction of sp³-hybridized carbons (Fsp3) is 0.389. The minimum Gasteiger partial charge on any atom is -0.497 e. The molecule has 0 bridgehead atoms. The minimum atomic E-state index is -0.926. The summed E-state index contributed by atoms with van der Waals surface area (Å²) in [7, 11) is 1.65. The number of rotatable bonds is 7. The Morgan fingerprint density at radius 3 is 2.52 bits per heavy atom. The first-order valence-corrected chi connectivity index (χ1v) is 8.84. The van der Waals surface area contributed by atoms with Crippen LogP contribution in [0.3, 0.4) is 0 Å². The van der Waals surface area contributed by atoms with Crippen molar-refractivity contribution in [2.24, 2.45) is 4.99 Å². The smallest absolute Gasteiger partial charge is 0.191 e. The van der Waals surface area contributed by atoms with Crippen molar-refractivity contribution in [3.05, 3.63) is 52.2 Å². The van der Waals surface area contributed by atoms with Crippen LogP contribution in [-0.2, 0) is 12.1 Å². The van der Waals surface area contributed by atoms with Crippen LogP contribution in [0, 0.1) is 0 Å². The summed E-state index contributed by atoms with van der Waals surface area (Å²) < 4.78 is 5.16. The third-order valence-corrected chi connectivity index (χ3v) is 4.70. The molecule has 138 valence electrons. The Balaban J connectivity index is 0.00000312. The van der Waals surface area contributed by atoms with Crippen molar-refractivity contribution in [2.45, 2.75) is 26.0 Å². The highest BCUT2D eigenvalue weighted by Gasteiger charge is 2.24. The number of hydrogen-bond acceptors (Lipinski definition) is 4. The number of ether oxygens (including phenoxy) is 1. The van der Waals surface area contributed by atoms with Gasteiger partial charge in [0.05, 0.1) is 20.2 Å². The molecule has 5 nitrogen and oxygen atoms in total. The molecule has 1 atom stereocenters. The van der Waals surface area contributed by atoms with E-state index in [4.69, 9.17) is 4.74 Å². The standard InChI is InChI=1S/C18H25N3O2S.HI/c1-4-19-17(20-12-14-7-9-15(23-3)10-8-14)21-13-18(2,22)16-6-5-11-24-16;/h5-11,22H,4,12-13H2,1-3H3,(H2,19,20,21);1H. The number of nitrogens with zero attached hydrogens (tertiary/aromatic N) is 1. The molecule has 0 spiro atoms. The fourth-order valence-corrected chi connectivity index (χ4v) is 2.96. The van der Waals surface area contributed by atoms with E-state index in [1.165, 1.54) is 0 Å². The molecule has 2 aromatic rings. The van der Waals surface area contributed by atoms with Crippen LogP contribution in [0.5, 0.6) is 5.75 Å². The Kier molecular flexibility index (Phi) is 9.23. The molecule has 3 N–H and O–H groups in total. The topological polar surface area (TPSA) is 65.9 Å². The van der Waals surface area contributed by atoms with Gasteiger partial charge in [0.25, 0.3) is 0 Å². The largest absolute Gasteiger partial charge is 0.497 e. The van der Waals surface area contributed by atoms with Crippen LogP contribution in [-0.4, -0.2) is 31.3 Å². The van der Waals surface area contributed by atoms with Crippen LogP contribution in [0.1, 0.15) is 24.3 Å². The molecule has 0 aliphatic carbocycles. The van der Waals surface area contributed by atoms with Crippen LogP contribution < -0.4 is 15.4 Å². The second kappa shape index (κ2) is 10.6. The van der Waals surface area contributed by atoms with Crippen molar-refractivity contribution in [1.82, 2.24) is 10.6 Å². The minimum absolute atomic E-state index is 0. The Morgan fingerprint density at radius 2 is 1.96 bits per heavy atom. The summed E-state index contributed by atoms with van der Waals surface area (Å²) in [6.45, 7) is 5.53. The quantitative estimate of drug-likeness (QED) is 0.327. The number of thiophene rings is 1. The van der Waals surface area contributed by atoms with Gasteiger partial charge in [-0.15, -0.1) is 35.3 Å². The Morgan fingerprint density at radius 1 is 1.24 bits per heavy atom. The van der Waals surface area contributed by atoms with Crippen LogP contribution >= 0.6 is 35.3 Å². The molecule has 1 aromatic heterocycles. The van der Waals surface area contributed by atoms with Gasteiger partial charge in [0.15, 0.2) is 5.96 Å². The van der Waals surface area contributed by atoms with Crippen molar-refractivity contribution in [1.29, 1.82) is 0 Å². The number of aliphatic hydroxyl groups is 1. The van der Waals surface area contributed by atoms with E-state index >= 15 is 0 Å². The number of benzene rings is 1. The SMILES string of the molecule is CCNC(=NCc1ccc(OC)cc1)NCC(C)(O)c1cccs1.I. The Bertz CT molecular complexity index is 643. The van der Waals surface area contributed by atoms with E-state index in [0.29, 0.717) is 19.0 Å². The fourth-order valence-electron chi connectivity index (χ4n) is 2.17. The predicted octanol–water partition coefficient (Wildman–Crippen LogP) is 3.34. The molecule has 0 aliphatic heterocycles. The summed E-state index contributed by atoms with van der Waals surface area (Å²) in [5, 5.41) is 19.0. The molecule has 1 unspecified atom stereocenters. The highest BCUT2D eigenvalue weighted by atomic mass is 127.